The van der Waals surface area contributed by atoms with Crippen LogP contribution < -0.4 is 0 Å². The maximum absolute atomic E-state index is 12.4. The number of carbonyl (C=O) groups excluding carboxylic acids is 2. The SMILES string of the molecule is CN(C)C(=O)CN(C)C(=O)C1CCCCN1S(C)(=O)=O. The minimum Gasteiger partial charge on any atom is -0.347 e. The van der Waals surface area contributed by atoms with E-state index in [2.05, 4.69) is 0 Å². The third kappa shape index (κ3) is 4.17. The van der Waals surface area contributed by atoms with Crippen LogP contribution in [0.5, 0.6) is 0 Å². The van der Waals surface area contributed by atoms with E-state index in [0.29, 0.717) is 13.0 Å². The van der Waals surface area contributed by atoms with E-state index in [-0.39, 0.29) is 18.4 Å². The number of amides is 2. The first-order valence-corrected chi connectivity index (χ1v) is 8.41. The predicted octanol–water partition coefficient (Wildman–Crippen LogP) is -0.653. The number of rotatable bonds is 4. The van der Waals surface area contributed by atoms with Crippen molar-refractivity contribution in [1.29, 1.82) is 0 Å². The molecule has 1 aliphatic rings. The summed E-state index contributed by atoms with van der Waals surface area (Å²) in [7, 11) is 1.35. The standard InChI is InChI=1S/C12H23N3O4S/c1-13(2)11(16)9-14(3)12(17)10-7-5-6-8-15(10)20(4,18)19/h10H,5-9H2,1-4H3. The number of carbonyl (C=O) groups is 2. The van der Waals surface area contributed by atoms with E-state index in [1.807, 2.05) is 0 Å². The third-order valence-electron chi connectivity index (χ3n) is 3.41. The lowest BCUT2D eigenvalue weighted by atomic mass is 10.0. The van der Waals surface area contributed by atoms with E-state index < -0.39 is 16.1 Å². The Labute approximate surface area is 120 Å². The van der Waals surface area contributed by atoms with Crippen LogP contribution in [0.4, 0.5) is 0 Å². The van der Waals surface area contributed by atoms with Crippen molar-refractivity contribution in [3.63, 3.8) is 0 Å². The van der Waals surface area contributed by atoms with Gasteiger partial charge in [0.25, 0.3) is 0 Å². The summed E-state index contributed by atoms with van der Waals surface area (Å²) in [4.78, 5) is 26.7. The molecule has 0 aromatic carbocycles. The third-order valence-corrected chi connectivity index (χ3v) is 4.70. The Kier molecular flexibility index (Phi) is 5.52. The Balaban J connectivity index is 2.80. The summed E-state index contributed by atoms with van der Waals surface area (Å²) in [6.45, 7) is 0.324. The number of likely N-dealkylation sites (N-methyl/N-ethyl adjacent to an activating group) is 2. The summed E-state index contributed by atoms with van der Waals surface area (Å²) >= 11 is 0. The molecular weight excluding hydrogens is 282 g/mol. The molecule has 0 bridgehead atoms. The van der Waals surface area contributed by atoms with Crippen LogP contribution in [0.1, 0.15) is 19.3 Å². The first kappa shape index (κ1) is 16.9. The van der Waals surface area contributed by atoms with Gasteiger partial charge >= 0.3 is 0 Å². The maximum atomic E-state index is 12.4. The minimum atomic E-state index is -3.41. The molecule has 1 rings (SSSR count). The van der Waals surface area contributed by atoms with Crippen molar-refractivity contribution < 1.29 is 18.0 Å². The van der Waals surface area contributed by atoms with Crippen molar-refractivity contribution in [3.8, 4) is 0 Å². The van der Waals surface area contributed by atoms with Crippen molar-refractivity contribution in [2.24, 2.45) is 0 Å². The van der Waals surface area contributed by atoms with Gasteiger partial charge in [-0.15, -0.1) is 0 Å². The van der Waals surface area contributed by atoms with Gasteiger partial charge in [0.05, 0.1) is 12.8 Å². The summed E-state index contributed by atoms with van der Waals surface area (Å²) < 4.78 is 24.7. The molecule has 0 N–H and O–H groups in total. The van der Waals surface area contributed by atoms with E-state index in [4.69, 9.17) is 0 Å². The Bertz CT molecular complexity index is 475. The van der Waals surface area contributed by atoms with Crippen LogP contribution in [-0.2, 0) is 19.6 Å². The number of piperidine rings is 1. The number of sulfonamides is 1. The number of hydrogen-bond donors (Lipinski definition) is 0. The first-order valence-electron chi connectivity index (χ1n) is 6.56. The summed E-state index contributed by atoms with van der Waals surface area (Å²) in [6.07, 6.45) is 3.20. The molecule has 0 aliphatic carbocycles. The lowest BCUT2D eigenvalue weighted by molar-refractivity contribution is -0.141. The number of hydrogen-bond acceptors (Lipinski definition) is 4. The summed E-state index contributed by atoms with van der Waals surface area (Å²) in [5.74, 6) is -0.507. The molecule has 8 heteroatoms. The van der Waals surface area contributed by atoms with E-state index in [1.54, 1.807) is 14.1 Å². The van der Waals surface area contributed by atoms with Crippen molar-refractivity contribution in [3.05, 3.63) is 0 Å². The van der Waals surface area contributed by atoms with Crippen molar-refractivity contribution in [2.75, 3.05) is 40.5 Å². The fraction of sp³-hybridized carbons (Fsp3) is 0.833. The highest BCUT2D eigenvalue weighted by molar-refractivity contribution is 7.88. The Morgan fingerprint density at radius 2 is 1.80 bits per heavy atom. The van der Waals surface area contributed by atoms with Gasteiger partial charge in [-0.1, -0.05) is 6.42 Å². The maximum Gasteiger partial charge on any atom is 0.241 e. The molecule has 20 heavy (non-hydrogen) atoms. The highest BCUT2D eigenvalue weighted by Crippen LogP contribution is 2.21. The predicted molar refractivity (Wildman–Crippen MR) is 75.5 cm³/mol. The minimum absolute atomic E-state index is 0.0417. The van der Waals surface area contributed by atoms with E-state index >= 15 is 0 Å². The molecule has 1 heterocycles. The molecule has 0 radical (unpaired) electrons. The zero-order valence-corrected chi connectivity index (χ0v) is 13.3. The molecule has 0 saturated carbocycles. The van der Waals surface area contributed by atoms with Crippen LogP contribution in [-0.4, -0.2) is 80.9 Å². The van der Waals surface area contributed by atoms with Gasteiger partial charge in [0, 0.05) is 27.7 Å². The molecule has 0 aromatic heterocycles. The molecule has 2 amide bonds. The average molecular weight is 305 g/mol. The van der Waals surface area contributed by atoms with Gasteiger partial charge < -0.3 is 9.80 Å². The highest BCUT2D eigenvalue weighted by atomic mass is 32.2. The van der Waals surface area contributed by atoms with Crippen LogP contribution in [0.3, 0.4) is 0 Å². The molecule has 1 atom stereocenters. The van der Waals surface area contributed by atoms with Crippen LogP contribution in [0.2, 0.25) is 0 Å². The summed E-state index contributed by atoms with van der Waals surface area (Å²) in [5, 5.41) is 0. The number of nitrogens with zero attached hydrogens (tertiary/aromatic N) is 3. The molecule has 1 saturated heterocycles. The topological polar surface area (TPSA) is 78.0 Å². The van der Waals surface area contributed by atoms with E-state index in [1.165, 1.54) is 21.2 Å². The molecule has 1 aliphatic heterocycles. The molecule has 116 valence electrons. The molecular formula is C12H23N3O4S. The second-order valence-corrected chi connectivity index (χ2v) is 7.30. The Morgan fingerprint density at radius 1 is 1.20 bits per heavy atom. The van der Waals surface area contributed by atoms with Gasteiger partial charge in [-0.2, -0.15) is 4.31 Å². The summed E-state index contributed by atoms with van der Waals surface area (Å²) in [5.41, 5.74) is 0. The first-order chi connectivity index (χ1) is 9.14. The van der Waals surface area contributed by atoms with Gasteiger partial charge in [-0.25, -0.2) is 8.42 Å². The summed E-state index contributed by atoms with van der Waals surface area (Å²) in [6, 6.07) is -0.682. The molecule has 0 aromatic rings. The zero-order chi connectivity index (χ0) is 15.5. The zero-order valence-electron chi connectivity index (χ0n) is 12.5. The van der Waals surface area contributed by atoms with Crippen LogP contribution in [0, 0.1) is 0 Å². The van der Waals surface area contributed by atoms with Crippen LogP contribution in [0.25, 0.3) is 0 Å². The van der Waals surface area contributed by atoms with Crippen molar-refractivity contribution >= 4 is 21.8 Å². The quantitative estimate of drug-likeness (QED) is 0.691. The van der Waals surface area contributed by atoms with Crippen LogP contribution in [0.15, 0.2) is 0 Å². The van der Waals surface area contributed by atoms with E-state index in [0.717, 1.165) is 19.1 Å². The van der Waals surface area contributed by atoms with Gasteiger partial charge in [0.2, 0.25) is 21.8 Å². The average Bonchev–Trinajstić information content (AvgIpc) is 2.36. The highest BCUT2D eigenvalue weighted by Gasteiger charge is 2.36. The monoisotopic (exact) mass is 305 g/mol. The molecule has 1 unspecified atom stereocenters. The van der Waals surface area contributed by atoms with Crippen molar-refractivity contribution in [1.82, 2.24) is 14.1 Å². The smallest absolute Gasteiger partial charge is 0.241 e. The fourth-order valence-corrected chi connectivity index (χ4v) is 3.34. The van der Waals surface area contributed by atoms with Crippen molar-refractivity contribution in [2.45, 2.75) is 25.3 Å². The normalized spacial score (nSPS) is 20.5. The largest absolute Gasteiger partial charge is 0.347 e. The lowest BCUT2D eigenvalue weighted by Crippen LogP contribution is -2.53. The second-order valence-electron chi connectivity index (χ2n) is 5.37. The van der Waals surface area contributed by atoms with E-state index in [9.17, 15) is 18.0 Å². The Morgan fingerprint density at radius 3 is 2.30 bits per heavy atom. The lowest BCUT2D eigenvalue weighted by Gasteiger charge is -2.35. The van der Waals surface area contributed by atoms with Gasteiger partial charge in [0.1, 0.15) is 6.04 Å². The van der Waals surface area contributed by atoms with Crippen LogP contribution >= 0.6 is 0 Å². The molecule has 0 spiro atoms. The molecule has 7 nitrogen and oxygen atoms in total. The van der Waals surface area contributed by atoms with Gasteiger partial charge in [0.15, 0.2) is 0 Å². The van der Waals surface area contributed by atoms with Gasteiger partial charge in [-0.3, -0.25) is 9.59 Å². The van der Waals surface area contributed by atoms with Gasteiger partial charge in [-0.05, 0) is 12.8 Å². The fourth-order valence-electron chi connectivity index (χ4n) is 2.23. The second kappa shape index (κ2) is 6.53. The molecule has 1 fully saturated rings. The Hall–Kier alpha value is -1.15.